The number of nitrogens with zero attached hydrogens (tertiary/aromatic N) is 1. The second kappa shape index (κ2) is 5.22. The van der Waals surface area contributed by atoms with E-state index in [0.29, 0.717) is 0 Å². The molecule has 0 amide bonds. The van der Waals surface area contributed by atoms with Gasteiger partial charge in [0.25, 0.3) is 0 Å². The van der Waals surface area contributed by atoms with E-state index in [-0.39, 0.29) is 0 Å². The van der Waals surface area contributed by atoms with Gasteiger partial charge in [0.1, 0.15) is 0 Å². The molecule has 0 heterocycles. The fraction of sp³-hybridized carbons (Fsp3) is 0.800. The number of rotatable bonds is 4. The maximum absolute atomic E-state index is 2.25. The molecule has 0 aliphatic rings. The first kappa shape index (κ1) is 10.5. The molecule has 0 rings (SSSR count). The quantitative estimate of drug-likeness (QED) is 0.603. The second-order valence-corrected chi connectivity index (χ2v) is 3.12. The summed E-state index contributed by atoms with van der Waals surface area (Å²) in [4.78, 5) is 2.22. The van der Waals surface area contributed by atoms with E-state index >= 15 is 0 Å². The minimum absolute atomic E-state index is 0.745. The summed E-state index contributed by atoms with van der Waals surface area (Å²) in [6, 6.07) is 0. The van der Waals surface area contributed by atoms with Crippen LogP contribution in [0.1, 0.15) is 33.6 Å². The molecule has 0 fully saturated rings. The van der Waals surface area contributed by atoms with E-state index < -0.39 is 0 Å². The van der Waals surface area contributed by atoms with Gasteiger partial charge in [-0.05, 0) is 25.7 Å². The normalized spacial score (nSPS) is 12.4. The van der Waals surface area contributed by atoms with Crippen LogP contribution in [0.5, 0.6) is 0 Å². The topological polar surface area (TPSA) is 3.24 Å². The van der Waals surface area contributed by atoms with Crippen molar-refractivity contribution < 1.29 is 0 Å². The van der Waals surface area contributed by atoms with Gasteiger partial charge in [0.05, 0.1) is 0 Å². The van der Waals surface area contributed by atoms with Crippen molar-refractivity contribution in [1.82, 2.24) is 4.90 Å². The summed E-state index contributed by atoms with van der Waals surface area (Å²) >= 11 is 0. The van der Waals surface area contributed by atoms with Crippen molar-refractivity contribution in [3.05, 3.63) is 11.8 Å². The zero-order valence-electron chi connectivity index (χ0n) is 8.52. The molecule has 0 spiro atoms. The highest BCUT2D eigenvalue weighted by Gasteiger charge is 2.09. The molecule has 0 saturated heterocycles. The highest BCUT2D eigenvalue weighted by molar-refractivity contribution is 5.02. The van der Waals surface area contributed by atoms with Gasteiger partial charge >= 0.3 is 0 Å². The molecule has 0 aromatic carbocycles. The third-order valence-corrected chi connectivity index (χ3v) is 2.22. The summed E-state index contributed by atoms with van der Waals surface area (Å²) in [5.41, 5.74) is 1.47. The van der Waals surface area contributed by atoms with Gasteiger partial charge in [-0.15, -0.1) is 0 Å². The Balaban J connectivity index is 4.23. The van der Waals surface area contributed by atoms with E-state index in [2.05, 4.69) is 45.8 Å². The summed E-state index contributed by atoms with van der Waals surface area (Å²) < 4.78 is 0. The number of hydrogen-bond donors (Lipinski definition) is 0. The molecule has 0 aliphatic heterocycles. The van der Waals surface area contributed by atoms with Gasteiger partial charge in [-0.1, -0.05) is 19.9 Å². The molecule has 0 atom stereocenters. The van der Waals surface area contributed by atoms with Crippen molar-refractivity contribution in [2.24, 2.45) is 5.92 Å². The zero-order chi connectivity index (χ0) is 8.85. The molecule has 1 nitrogen and oxygen atoms in total. The maximum atomic E-state index is 2.25. The molecule has 0 aromatic heterocycles. The van der Waals surface area contributed by atoms with Crippen LogP contribution in [0.25, 0.3) is 0 Å². The van der Waals surface area contributed by atoms with Crippen molar-refractivity contribution in [1.29, 1.82) is 0 Å². The van der Waals surface area contributed by atoms with Gasteiger partial charge in [0.2, 0.25) is 0 Å². The molecule has 0 aromatic rings. The van der Waals surface area contributed by atoms with E-state index in [1.807, 2.05) is 0 Å². The summed E-state index contributed by atoms with van der Waals surface area (Å²) in [6.45, 7) is 6.62. The highest BCUT2D eigenvalue weighted by atomic mass is 15.1. The molecule has 0 radical (unpaired) electrons. The Hall–Kier alpha value is -0.460. The van der Waals surface area contributed by atoms with Crippen LogP contribution in [0.3, 0.4) is 0 Å². The predicted octanol–water partition coefficient (Wildman–Crippen LogP) is 2.89. The van der Waals surface area contributed by atoms with Crippen LogP contribution in [0.15, 0.2) is 11.8 Å². The van der Waals surface area contributed by atoms with Crippen molar-refractivity contribution in [2.45, 2.75) is 33.6 Å². The Labute approximate surface area is 71.1 Å². The fourth-order valence-corrected chi connectivity index (χ4v) is 1.57. The van der Waals surface area contributed by atoms with Crippen LogP contribution in [-0.4, -0.2) is 19.0 Å². The lowest BCUT2D eigenvalue weighted by molar-refractivity contribution is 0.399. The Morgan fingerprint density at radius 2 is 1.73 bits per heavy atom. The van der Waals surface area contributed by atoms with Crippen molar-refractivity contribution >= 4 is 0 Å². The van der Waals surface area contributed by atoms with Crippen molar-refractivity contribution in [3.8, 4) is 0 Å². The van der Waals surface area contributed by atoms with Crippen LogP contribution >= 0.6 is 0 Å². The second-order valence-electron chi connectivity index (χ2n) is 3.12. The molecule has 11 heavy (non-hydrogen) atoms. The van der Waals surface area contributed by atoms with Crippen LogP contribution < -0.4 is 0 Å². The van der Waals surface area contributed by atoms with Crippen LogP contribution in [0.4, 0.5) is 0 Å². The molecule has 0 bridgehead atoms. The van der Waals surface area contributed by atoms with E-state index in [1.54, 1.807) is 0 Å². The lowest BCUT2D eigenvalue weighted by Crippen LogP contribution is -2.18. The van der Waals surface area contributed by atoms with E-state index in [4.69, 9.17) is 0 Å². The summed E-state index contributed by atoms with van der Waals surface area (Å²) in [7, 11) is 4.24. The number of allylic oxidation sites excluding steroid dienone is 2. The monoisotopic (exact) mass is 155 g/mol. The standard InChI is InChI=1S/C10H21N/c1-6-9(7-2)10(8-3)11(4)5/h8-9H,6-7H2,1-5H3/b10-8-. The van der Waals surface area contributed by atoms with E-state index in [1.165, 1.54) is 18.5 Å². The average Bonchev–Trinajstić information content (AvgIpc) is 1.99. The van der Waals surface area contributed by atoms with E-state index in [9.17, 15) is 0 Å². The smallest absolute Gasteiger partial charge is 0.0115 e. The third kappa shape index (κ3) is 2.96. The summed E-state index contributed by atoms with van der Waals surface area (Å²) in [5.74, 6) is 0.745. The van der Waals surface area contributed by atoms with Crippen molar-refractivity contribution in [2.75, 3.05) is 14.1 Å². The van der Waals surface area contributed by atoms with Crippen LogP contribution in [0, 0.1) is 5.92 Å². The highest BCUT2D eigenvalue weighted by Crippen LogP contribution is 2.19. The Morgan fingerprint density at radius 1 is 1.27 bits per heavy atom. The molecule has 1 heteroatoms. The van der Waals surface area contributed by atoms with E-state index in [0.717, 1.165) is 5.92 Å². The van der Waals surface area contributed by atoms with Gasteiger partial charge in [-0.2, -0.15) is 0 Å². The molecular formula is C10H21N. The lowest BCUT2D eigenvalue weighted by Gasteiger charge is -2.24. The largest absolute Gasteiger partial charge is 0.381 e. The van der Waals surface area contributed by atoms with Gasteiger partial charge in [-0.25, -0.2) is 0 Å². The third-order valence-electron chi connectivity index (χ3n) is 2.22. The number of hydrogen-bond acceptors (Lipinski definition) is 1. The SMILES string of the molecule is C/C=C(/C(CC)CC)N(C)C. The zero-order valence-corrected chi connectivity index (χ0v) is 8.52. The molecule has 0 aliphatic carbocycles. The first-order chi connectivity index (χ1) is 5.17. The predicted molar refractivity (Wildman–Crippen MR) is 51.5 cm³/mol. The molecule has 66 valence electrons. The summed E-state index contributed by atoms with van der Waals surface area (Å²) in [6.07, 6.45) is 4.71. The Bertz CT molecular complexity index is 121. The van der Waals surface area contributed by atoms with Crippen LogP contribution in [-0.2, 0) is 0 Å². The molecule has 0 saturated carbocycles. The molecular weight excluding hydrogens is 134 g/mol. The van der Waals surface area contributed by atoms with Gasteiger partial charge in [0.15, 0.2) is 0 Å². The fourth-order valence-electron chi connectivity index (χ4n) is 1.57. The molecule has 0 unspecified atom stereocenters. The Morgan fingerprint density at radius 3 is 1.82 bits per heavy atom. The van der Waals surface area contributed by atoms with Gasteiger partial charge < -0.3 is 4.90 Å². The summed E-state index contributed by atoms with van der Waals surface area (Å²) in [5, 5.41) is 0. The maximum Gasteiger partial charge on any atom is 0.0115 e. The van der Waals surface area contributed by atoms with Crippen molar-refractivity contribution in [3.63, 3.8) is 0 Å². The van der Waals surface area contributed by atoms with Gasteiger partial charge in [0, 0.05) is 19.8 Å². The van der Waals surface area contributed by atoms with Gasteiger partial charge in [-0.3, -0.25) is 0 Å². The Kier molecular flexibility index (Phi) is 5.01. The first-order valence-corrected chi connectivity index (χ1v) is 4.50. The minimum atomic E-state index is 0.745. The molecule has 0 N–H and O–H groups in total. The minimum Gasteiger partial charge on any atom is -0.381 e. The average molecular weight is 155 g/mol. The first-order valence-electron chi connectivity index (χ1n) is 4.50. The lowest BCUT2D eigenvalue weighted by atomic mass is 9.98. The van der Waals surface area contributed by atoms with Crippen LogP contribution in [0.2, 0.25) is 0 Å².